The van der Waals surface area contributed by atoms with Crippen molar-refractivity contribution >= 4 is 41.5 Å². The molecule has 0 aliphatic carbocycles. The van der Waals surface area contributed by atoms with Gasteiger partial charge in [-0.1, -0.05) is 25.4 Å². The molecular weight excluding hydrogens is 499 g/mol. The van der Waals surface area contributed by atoms with Crippen LogP contribution in [0.2, 0.25) is 5.02 Å². The van der Waals surface area contributed by atoms with Gasteiger partial charge in [0.1, 0.15) is 0 Å². The van der Waals surface area contributed by atoms with E-state index in [4.69, 9.17) is 11.6 Å². The Bertz CT molecular complexity index is 766. The Hall–Kier alpha value is -1.32. The van der Waals surface area contributed by atoms with Crippen LogP contribution in [-0.4, -0.2) is 53.4 Å². The second-order valence-corrected chi connectivity index (χ2v) is 8.24. The second kappa shape index (κ2) is 11.8. The fourth-order valence-electron chi connectivity index (χ4n) is 3.54. The molecule has 1 aromatic carbocycles. The first-order chi connectivity index (χ1) is 13.5. The van der Waals surface area contributed by atoms with Crippen molar-refractivity contribution in [1.82, 2.24) is 25.3 Å². The van der Waals surface area contributed by atoms with Crippen LogP contribution < -0.4 is 10.6 Å². The first-order valence-electron chi connectivity index (χ1n) is 10.0. The van der Waals surface area contributed by atoms with Gasteiger partial charge in [0.15, 0.2) is 5.96 Å². The normalized spacial score (nSPS) is 16.0. The molecule has 2 heterocycles. The Morgan fingerprint density at radius 1 is 1.24 bits per heavy atom. The standard InChI is InChI=1S/C21H31ClN6.HI/c1-16(2)14-27-10-8-19(9-11-27)26-21(23-3)24-12-17-13-25-28(15-17)20-6-4-18(22)5-7-20;/h4-7,13,15-16,19H,8-12,14H2,1-3H3,(H2,23,24,26);1H. The van der Waals surface area contributed by atoms with Gasteiger partial charge in [0.25, 0.3) is 0 Å². The zero-order valence-electron chi connectivity index (χ0n) is 17.4. The highest BCUT2D eigenvalue weighted by atomic mass is 127. The van der Waals surface area contributed by atoms with Crippen molar-refractivity contribution in [1.29, 1.82) is 0 Å². The van der Waals surface area contributed by atoms with Crippen LogP contribution in [-0.2, 0) is 6.54 Å². The number of hydrogen-bond acceptors (Lipinski definition) is 3. The summed E-state index contributed by atoms with van der Waals surface area (Å²) in [5.41, 5.74) is 2.09. The Morgan fingerprint density at radius 2 is 1.93 bits per heavy atom. The molecular formula is C21H32ClIN6. The fourth-order valence-corrected chi connectivity index (χ4v) is 3.66. The van der Waals surface area contributed by atoms with Gasteiger partial charge in [0.05, 0.1) is 11.9 Å². The maximum atomic E-state index is 5.95. The van der Waals surface area contributed by atoms with Crippen molar-refractivity contribution in [2.24, 2.45) is 10.9 Å². The summed E-state index contributed by atoms with van der Waals surface area (Å²) in [6.45, 7) is 8.74. The maximum absolute atomic E-state index is 5.95. The van der Waals surface area contributed by atoms with Crippen molar-refractivity contribution in [3.05, 3.63) is 47.2 Å². The highest BCUT2D eigenvalue weighted by molar-refractivity contribution is 14.0. The summed E-state index contributed by atoms with van der Waals surface area (Å²) in [5.74, 6) is 1.58. The molecule has 1 saturated heterocycles. The summed E-state index contributed by atoms with van der Waals surface area (Å²) >= 11 is 5.95. The molecule has 3 rings (SSSR count). The number of nitrogens with zero attached hydrogens (tertiary/aromatic N) is 4. The molecule has 160 valence electrons. The van der Waals surface area contributed by atoms with E-state index in [2.05, 4.69) is 39.5 Å². The third-order valence-corrected chi connectivity index (χ3v) is 5.21. The van der Waals surface area contributed by atoms with Gasteiger partial charge in [0.2, 0.25) is 0 Å². The lowest BCUT2D eigenvalue weighted by Gasteiger charge is -2.33. The van der Waals surface area contributed by atoms with Crippen LogP contribution in [0.1, 0.15) is 32.3 Å². The third-order valence-electron chi connectivity index (χ3n) is 4.96. The van der Waals surface area contributed by atoms with Gasteiger partial charge in [-0.15, -0.1) is 24.0 Å². The number of nitrogens with one attached hydrogen (secondary N) is 2. The summed E-state index contributed by atoms with van der Waals surface area (Å²) in [7, 11) is 1.82. The minimum atomic E-state index is 0. The molecule has 0 unspecified atom stereocenters. The predicted molar refractivity (Wildman–Crippen MR) is 132 cm³/mol. The summed E-state index contributed by atoms with van der Waals surface area (Å²) in [4.78, 5) is 6.94. The highest BCUT2D eigenvalue weighted by Crippen LogP contribution is 2.14. The van der Waals surface area contributed by atoms with Crippen LogP contribution in [0.4, 0.5) is 0 Å². The van der Waals surface area contributed by atoms with E-state index in [1.54, 1.807) is 0 Å². The first kappa shape index (κ1) is 24.0. The zero-order valence-corrected chi connectivity index (χ0v) is 20.5. The minimum absolute atomic E-state index is 0. The molecule has 6 nitrogen and oxygen atoms in total. The van der Waals surface area contributed by atoms with Gasteiger partial charge in [-0.3, -0.25) is 4.99 Å². The Kier molecular flexibility index (Phi) is 9.71. The van der Waals surface area contributed by atoms with E-state index in [1.807, 2.05) is 48.4 Å². The maximum Gasteiger partial charge on any atom is 0.191 e. The van der Waals surface area contributed by atoms with E-state index in [-0.39, 0.29) is 24.0 Å². The van der Waals surface area contributed by atoms with Crippen LogP contribution >= 0.6 is 35.6 Å². The molecule has 2 aromatic rings. The summed E-state index contributed by atoms with van der Waals surface area (Å²) in [6.07, 6.45) is 6.21. The van der Waals surface area contributed by atoms with Crippen LogP contribution in [0.25, 0.3) is 5.69 Å². The predicted octanol–water partition coefficient (Wildman–Crippen LogP) is 3.93. The number of piperidine rings is 1. The molecule has 1 fully saturated rings. The van der Waals surface area contributed by atoms with E-state index in [1.165, 1.54) is 6.54 Å². The molecule has 2 N–H and O–H groups in total. The number of benzene rings is 1. The van der Waals surface area contributed by atoms with Crippen molar-refractivity contribution in [3.8, 4) is 5.69 Å². The Morgan fingerprint density at radius 3 is 2.55 bits per heavy atom. The molecule has 0 radical (unpaired) electrons. The van der Waals surface area contributed by atoms with Crippen LogP contribution in [0, 0.1) is 5.92 Å². The molecule has 1 aliphatic rings. The van der Waals surface area contributed by atoms with Gasteiger partial charge < -0.3 is 15.5 Å². The quantitative estimate of drug-likeness (QED) is 0.338. The second-order valence-electron chi connectivity index (χ2n) is 7.81. The highest BCUT2D eigenvalue weighted by Gasteiger charge is 2.20. The lowest BCUT2D eigenvalue weighted by Crippen LogP contribution is -2.48. The number of aliphatic imine (C=N–C) groups is 1. The third kappa shape index (κ3) is 7.46. The fraction of sp³-hybridized carbons (Fsp3) is 0.524. The molecule has 0 saturated carbocycles. The van der Waals surface area contributed by atoms with Gasteiger partial charge in [-0.05, 0) is 43.0 Å². The first-order valence-corrected chi connectivity index (χ1v) is 10.4. The Labute approximate surface area is 196 Å². The van der Waals surface area contributed by atoms with Gasteiger partial charge >= 0.3 is 0 Å². The molecule has 29 heavy (non-hydrogen) atoms. The number of likely N-dealkylation sites (tertiary alicyclic amines) is 1. The SMILES string of the molecule is CN=C(NCc1cnn(-c2ccc(Cl)cc2)c1)NC1CCN(CC(C)C)CC1.I. The van der Waals surface area contributed by atoms with Crippen LogP contribution in [0.3, 0.4) is 0 Å². The van der Waals surface area contributed by atoms with Gasteiger partial charge in [-0.2, -0.15) is 5.10 Å². The lowest BCUT2D eigenvalue weighted by molar-refractivity contribution is 0.187. The number of rotatable bonds is 6. The van der Waals surface area contributed by atoms with E-state index >= 15 is 0 Å². The van der Waals surface area contributed by atoms with E-state index in [0.717, 1.165) is 54.1 Å². The van der Waals surface area contributed by atoms with E-state index in [0.29, 0.717) is 12.6 Å². The van der Waals surface area contributed by atoms with Crippen molar-refractivity contribution < 1.29 is 0 Å². The van der Waals surface area contributed by atoms with Crippen molar-refractivity contribution in [3.63, 3.8) is 0 Å². The minimum Gasteiger partial charge on any atom is -0.354 e. The zero-order chi connectivity index (χ0) is 19.9. The summed E-state index contributed by atoms with van der Waals surface area (Å²) < 4.78 is 1.86. The summed E-state index contributed by atoms with van der Waals surface area (Å²) in [5, 5.41) is 12.1. The largest absolute Gasteiger partial charge is 0.354 e. The molecule has 1 aliphatic heterocycles. The smallest absolute Gasteiger partial charge is 0.191 e. The van der Waals surface area contributed by atoms with Crippen LogP contribution in [0.5, 0.6) is 0 Å². The van der Waals surface area contributed by atoms with E-state index < -0.39 is 0 Å². The Balaban J connectivity index is 0.00000300. The topological polar surface area (TPSA) is 57.5 Å². The molecule has 8 heteroatoms. The average molecular weight is 531 g/mol. The van der Waals surface area contributed by atoms with Crippen molar-refractivity contribution in [2.75, 3.05) is 26.7 Å². The molecule has 1 aromatic heterocycles. The molecule has 0 amide bonds. The molecule has 0 atom stereocenters. The number of hydrogen-bond donors (Lipinski definition) is 2. The number of halogens is 2. The summed E-state index contributed by atoms with van der Waals surface area (Å²) in [6, 6.07) is 8.13. The van der Waals surface area contributed by atoms with Gasteiger partial charge in [0, 0.05) is 56.1 Å². The lowest BCUT2D eigenvalue weighted by atomic mass is 10.0. The number of aromatic nitrogens is 2. The van der Waals surface area contributed by atoms with Gasteiger partial charge in [-0.25, -0.2) is 4.68 Å². The number of guanidine groups is 1. The molecule has 0 bridgehead atoms. The van der Waals surface area contributed by atoms with E-state index in [9.17, 15) is 0 Å². The van der Waals surface area contributed by atoms with Crippen LogP contribution in [0.15, 0.2) is 41.7 Å². The van der Waals surface area contributed by atoms with Crippen molar-refractivity contribution in [2.45, 2.75) is 39.3 Å². The monoisotopic (exact) mass is 530 g/mol. The average Bonchev–Trinajstić information content (AvgIpc) is 3.15. The molecule has 0 spiro atoms.